The molecule has 5 rings (SSSR count). The molecule has 0 bridgehead atoms. The van der Waals surface area contributed by atoms with E-state index < -0.39 is 0 Å². The van der Waals surface area contributed by atoms with E-state index in [1.165, 1.54) is 0 Å². The molecule has 1 aliphatic heterocycles. The molecule has 1 saturated heterocycles. The van der Waals surface area contributed by atoms with Crippen molar-refractivity contribution in [3.05, 3.63) is 65.0 Å². The first-order valence-corrected chi connectivity index (χ1v) is 10.4. The molecular weight excluding hydrogens is 388 g/mol. The summed E-state index contributed by atoms with van der Waals surface area (Å²) in [6.45, 7) is 2.03. The smallest absolute Gasteiger partial charge is 0.212 e. The normalized spacial score (nSPS) is 15.4. The number of nitrogens with two attached hydrogens (primary N) is 1. The largest absolute Gasteiger partial charge is 0.385 e. The molecule has 4 aromatic rings. The van der Waals surface area contributed by atoms with Crippen molar-refractivity contribution in [3.8, 4) is 6.07 Å². The second kappa shape index (κ2) is 7.49. The number of piperidine rings is 1. The van der Waals surface area contributed by atoms with Crippen LogP contribution in [-0.2, 0) is 0 Å². The summed E-state index contributed by atoms with van der Waals surface area (Å²) in [5, 5.41) is 9.80. The van der Waals surface area contributed by atoms with E-state index in [0.717, 1.165) is 42.5 Å². The summed E-state index contributed by atoms with van der Waals surface area (Å²) in [5.74, 6) is 0.794. The number of nitriles is 1. The van der Waals surface area contributed by atoms with E-state index in [9.17, 15) is 4.79 Å². The molecule has 154 valence electrons. The molecule has 0 unspecified atom stereocenters. The molecule has 4 heterocycles. The van der Waals surface area contributed by atoms with Gasteiger partial charge in [0.05, 0.1) is 16.6 Å². The number of fused-ring (bicyclic) bond motifs is 2. The Labute approximate surface area is 179 Å². The number of carbonyl (C=O) groups is 1. The van der Waals surface area contributed by atoms with E-state index in [-0.39, 0.29) is 5.78 Å². The van der Waals surface area contributed by atoms with Crippen molar-refractivity contribution in [1.29, 1.82) is 5.26 Å². The van der Waals surface area contributed by atoms with Crippen molar-refractivity contribution in [2.75, 3.05) is 25.9 Å². The van der Waals surface area contributed by atoms with Gasteiger partial charge in [0.15, 0.2) is 0 Å². The molecule has 1 fully saturated rings. The summed E-state index contributed by atoms with van der Waals surface area (Å²) in [7, 11) is 2.13. The van der Waals surface area contributed by atoms with E-state index in [1.54, 1.807) is 36.4 Å². The van der Waals surface area contributed by atoms with E-state index in [0.29, 0.717) is 39.6 Å². The molecular formula is C24H22N6O. The van der Waals surface area contributed by atoms with Crippen molar-refractivity contribution in [2.24, 2.45) is 0 Å². The van der Waals surface area contributed by atoms with Gasteiger partial charge in [0.25, 0.3) is 0 Å². The maximum absolute atomic E-state index is 13.4. The molecule has 7 nitrogen and oxygen atoms in total. The SMILES string of the molecule is CN1CCC(c2c(N)[nH]c3ccc(C(=O)c4cccc5nc(C#N)ccc45)nc23)CC1. The van der Waals surface area contributed by atoms with E-state index >= 15 is 0 Å². The van der Waals surface area contributed by atoms with Gasteiger partial charge in [-0.3, -0.25) is 4.79 Å². The summed E-state index contributed by atoms with van der Waals surface area (Å²) < 4.78 is 0. The van der Waals surface area contributed by atoms with E-state index in [1.807, 2.05) is 12.1 Å². The summed E-state index contributed by atoms with van der Waals surface area (Å²) >= 11 is 0. The first-order chi connectivity index (χ1) is 15.0. The maximum Gasteiger partial charge on any atom is 0.212 e. The minimum atomic E-state index is -0.173. The van der Waals surface area contributed by atoms with E-state index in [2.05, 4.69) is 21.9 Å². The third-order valence-corrected chi connectivity index (χ3v) is 6.16. The number of H-pyrrole nitrogens is 1. The predicted octanol–water partition coefficient (Wildman–Crippen LogP) is 3.61. The number of hydrogen-bond donors (Lipinski definition) is 2. The highest BCUT2D eigenvalue weighted by Gasteiger charge is 2.25. The predicted molar refractivity (Wildman–Crippen MR) is 120 cm³/mol. The minimum Gasteiger partial charge on any atom is -0.385 e. The highest BCUT2D eigenvalue weighted by molar-refractivity contribution is 6.15. The lowest BCUT2D eigenvalue weighted by Crippen LogP contribution is -2.29. The van der Waals surface area contributed by atoms with Crippen LogP contribution in [0.3, 0.4) is 0 Å². The van der Waals surface area contributed by atoms with Gasteiger partial charge in [0, 0.05) is 16.5 Å². The number of likely N-dealkylation sites (tertiary alicyclic amines) is 1. The average Bonchev–Trinajstić information content (AvgIpc) is 3.13. The van der Waals surface area contributed by atoms with Crippen molar-refractivity contribution in [2.45, 2.75) is 18.8 Å². The van der Waals surface area contributed by atoms with Crippen LogP contribution in [-0.4, -0.2) is 45.8 Å². The molecule has 3 aromatic heterocycles. The molecule has 0 radical (unpaired) electrons. The zero-order valence-corrected chi connectivity index (χ0v) is 17.2. The van der Waals surface area contributed by atoms with Crippen LogP contribution >= 0.6 is 0 Å². The Hall–Kier alpha value is -3.76. The number of nitrogens with zero attached hydrogens (tertiary/aromatic N) is 4. The average molecular weight is 410 g/mol. The van der Waals surface area contributed by atoms with Gasteiger partial charge < -0.3 is 15.6 Å². The standard InChI is InChI=1S/C24H22N6O/c1-30-11-9-14(10-12-30)21-22-19(29-24(21)26)7-8-20(28-22)23(31)17-3-2-4-18-16(17)6-5-15(13-25)27-18/h2-8,14,29H,9-12,26H2,1H3. The maximum atomic E-state index is 13.4. The third kappa shape index (κ3) is 3.31. The number of anilines is 1. The second-order valence-electron chi connectivity index (χ2n) is 8.13. The Bertz CT molecular complexity index is 1360. The number of benzene rings is 1. The van der Waals surface area contributed by atoms with Crippen LogP contribution in [0.2, 0.25) is 0 Å². The first-order valence-electron chi connectivity index (χ1n) is 10.4. The number of nitrogens with one attached hydrogen (secondary N) is 1. The van der Waals surface area contributed by atoms with Gasteiger partial charge in [-0.15, -0.1) is 0 Å². The zero-order chi connectivity index (χ0) is 21.5. The van der Waals surface area contributed by atoms with Gasteiger partial charge in [-0.25, -0.2) is 9.97 Å². The second-order valence-corrected chi connectivity index (χ2v) is 8.13. The summed E-state index contributed by atoms with van der Waals surface area (Å²) in [4.78, 5) is 28.0. The molecule has 0 amide bonds. The summed E-state index contributed by atoms with van der Waals surface area (Å²) in [6.07, 6.45) is 2.04. The van der Waals surface area contributed by atoms with Crippen molar-refractivity contribution >= 4 is 33.5 Å². The number of hydrogen-bond acceptors (Lipinski definition) is 6. The molecule has 1 aliphatic rings. The lowest BCUT2D eigenvalue weighted by molar-refractivity contribution is 0.103. The van der Waals surface area contributed by atoms with Gasteiger partial charge in [-0.2, -0.15) is 5.26 Å². The Morgan fingerprint density at radius 3 is 2.74 bits per heavy atom. The number of ketones is 1. The number of aromatic nitrogens is 3. The van der Waals surface area contributed by atoms with Gasteiger partial charge >= 0.3 is 0 Å². The highest BCUT2D eigenvalue weighted by atomic mass is 16.1. The van der Waals surface area contributed by atoms with E-state index in [4.69, 9.17) is 16.0 Å². The summed E-state index contributed by atoms with van der Waals surface area (Å²) in [5.41, 5.74) is 10.8. The van der Waals surface area contributed by atoms with Crippen LogP contribution in [0.1, 0.15) is 46.1 Å². The van der Waals surface area contributed by atoms with Crippen molar-refractivity contribution in [1.82, 2.24) is 19.9 Å². The monoisotopic (exact) mass is 410 g/mol. The van der Waals surface area contributed by atoms with Crippen LogP contribution in [0.15, 0.2) is 42.5 Å². The fraction of sp³-hybridized carbons (Fsp3) is 0.250. The fourth-order valence-corrected chi connectivity index (χ4v) is 4.50. The topological polar surface area (TPSA) is 112 Å². The van der Waals surface area contributed by atoms with Crippen LogP contribution in [0.4, 0.5) is 5.82 Å². The molecule has 31 heavy (non-hydrogen) atoms. The van der Waals surface area contributed by atoms with Crippen LogP contribution < -0.4 is 5.73 Å². The molecule has 7 heteroatoms. The first kappa shape index (κ1) is 19.2. The number of aromatic amines is 1. The van der Waals surface area contributed by atoms with Crippen LogP contribution in [0, 0.1) is 11.3 Å². The number of pyridine rings is 2. The Kier molecular flexibility index (Phi) is 4.64. The lowest BCUT2D eigenvalue weighted by Gasteiger charge is -2.28. The van der Waals surface area contributed by atoms with Gasteiger partial charge in [0.2, 0.25) is 5.78 Å². The fourth-order valence-electron chi connectivity index (χ4n) is 4.50. The number of nitrogen functional groups attached to an aromatic ring is 1. The highest BCUT2D eigenvalue weighted by Crippen LogP contribution is 2.36. The third-order valence-electron chi connectivity index (χ3n) is 6.16. The Morgan fingerprint density at radius 2 is 1.97 bits per heavy atom. The number of rotatable bonds is 3. The molecule has 0 aliphatic carbocycles. The summed E-state index contributed by atoms with van der Waals surface area (Å²) in [6, 6.07) is 14.4. The molecule has 0 atom stereocenters. The number of carbonyl (C=O) groups excluding carboxylic acids is 1. The minimum absolute atomic E-state index is 0.173. The molecule has 3 N–H and O–H groups in total. The quantitative estimate of drug-likeness (QED) is 0.499. The van der Waals surface area contributed by atoms with Crippen LogP contribution in [0.25, 0.3) is 21.9 Å². The molecule has 0 spiro atoms. The van der Waals surface area contributed by atoms with Crippen LogP contribution in [0.5, 0.6) is 0 Å². The van der Waals surface area contributed by atoms with Gasteiger partial charge in [-0.05, 0) is 69.2 Å². The Morgan fingerprint density at radius 1 is 1.16 bits per heavy atom. The van der Waals surface area contributed by atoms with Crippen molar-refractivity contribution < 1.29 is 4.79 Å². The zero-order valence-electron chi connectivity index (χ0n) is 17.2. The Balaban J connectivity index is 1.58. The molecule has 1 aromatic carbocycles. The lowest BCUT2D eigenvalue weighted by atomic mass is 9.90. The molecule has 0 saturated carbocycles. The van der Waals surface area contributed by atoms with Crippen molar-refractivity contribution in [3.63, 3.8) is 0 Å². The van der Waals surface area contributed by atoms with Gasteiger partial charge in [-0.1, -0.05) is 12.1 Å². The van der Waals surface area contributed by atoms with Gasteiger partial charge in [0.1, 0.15) is 23.3 Å².